The molecule has 238 valence electrons. The first-order valence-electron chi connectivity index (χ1n) is 15.6. The molecule has 0 radical (unpaired) electrons. The normalized spacial score (nSPS) is 12.9. The maximum atomic E-state index is 10.4. The number of hydrogen-bond acceptors (Lipinski definition) is 5. The number of aromatic nitrogens is 1. The number of hydrogen-bond donors (Lipinski definition) is 3. The average Bonchev–Trinajstić information content (AvgIpc) is 3.82. The lowest BCUT2D eigenvalue weighted by Gasteiger charge is -2.21. The third-order valence-electron chi connectivity index (χ3n) is 7.77. The van der Waals surface area contributed by atoms with Crippen LogP contribution in [0.1, 0.15) is 81.3 Å². The van der Waals surface area contributed by atoms with E-state index < -0.39 is 5.60 Å². The predicted molar refractivity (Wildman–Crippen MR) is 190 cm³/mol. The van der Waals surface area contributed by atoms with Crippen molar-refractivity contribution in [3.8, 4) is 0 Å². The van der Waals surface area contributed by atoms with Gasteiger partial charge in [-0.2, -0.15) is 12.6 Å². The molecule has 4 nitrogen and oxygen atoms in total. The van der Waals surface area contributed by atoms with E-state index in [2.05, 4.69) is 61.2 Å². The van der Waals surface area contributed by atoms with Crippen LogP contribution in [0, 0.1) is 5.41 Å². The van der Waals surface area contributed by atoms with Gasteiger partial charge in [0.05, 0.1) is 11.1 Å². The number of benzene rings is 3. The second-order valence-electron chi connectivity index (χ2n) is 11.6. The molecule has 0 saturated heterocycles. The van der Waals surface area contributed by atoms with Crippen molar-refractivity contribution in [2.75, 3.05) is 12.9 Å². The second-order valence-corrected chi connectivity index (χ2v) is 12.3. The van der Waals surface area contributed by atoms with Crippen LogP contribution in [0.15, 0.2) is 78.9 Å². The Morgan fingerprint density at radius 1 is 0.886 bits per heavy atom. The smallest absolute Gasteiger partial charge is 0.120 e. The van der Waals surface area contributed by atoms with E-state index in [9.17, 15) is 9.90 Å². The van der Waals surface area contributed by atoms with E-state index in [4.69, 9.17) is 21.7 Å². The fourth-order valence-electron chi connectivity index (χ4n) is 5.08. The number of fused-ring (bicyclic) bond motifs is 1. The summed E-state index contributed by atoms with van der Waals surface area (Å²) in [6.07, 6.45) is 9.06. The fourth-order valence-corrected chi connectivity index (χ4v) is 5.69. The van der Waals surface area contributed by atoms with Gasteiger partial charge in [-0.15, -0.1) is 0 Å². The molecule has 4 aromatic rings. The minimum Gasteiger partial charge on any atom is -0.400 e. The molecule has 44 heavy (non-hydrogen) atoms. The number of thiol groups is 1. The Bertz CT molecular complexity index is 1430. The first kappa shape index (κ1) is 37.5. The van der Waals surface area contributed by atoms with Gasteiger partial charge in [0.2, 0.25) is 0 Å². The molecule has 1 fully saturated rings. The average molecular weight is 636 g/mol. The summed E-state index contributed by atoms with van der Waals surface area (Å²) in [5.41, 5.74) is 6.54. The summed E-state index contributed by atoms with van der Waals surface area (Å²) in [5, 5.41) is 19.3. The summed E-state index contributed by atoms with van der Waals surface area (Å²) < 4.78 is 0. The summed E-state index contributed by atoms with van der Waals surface area (Å²) in [4.78, 5) is 14.8. The third kappa shape index (κ3) is 12.0. The zero-order chi connectivity index (χ0) is 32.6. The molecule has 0 spiro atoms. The molecule has 1 aliphatic rings. The number of carbonyl (C=O) groups excluding carboxylic acids is 1. The Morgan fingerprint density at radius 2 is 1.55 bits per heavy atom. The molecule has 0 atom stereocenters. The SMILES string of the molecule is CC.CC(C)(O)c1ccccc1CCCc1cccc(CCc2ccc3ccc(Cl)cc3n2)c1.CO.O=CCC1(CS)CC1. The van der Waals surface area contributed by atoms with E-state index in [1.165, 1.54) is 29.5 Å². The Morgan fingerprint density at radius 3 is 2.16 bits per heavy atom. The van der Waals surface area contributed by atoms with E-state index in [0.29, 0.717) is 5.41 Å². The number of aliphatic hydroxyl groups is 2. The number of carbonyl (C=O) groups is 1. The van der Waals surface area contributed by atoms with E-state index in [1.54, 1.807) is 0 Å². The number of aryl methyl sites for hydroxylation is 4. The van der Waals surface area contributed by atoms with Crippen molar-refractivity contribution in [3.05, 3.63) is 112 Å². The van der Waals surface area contributed by atoms with Crippen LogP contribution in [-0.4, -0.2) is 34.3 Å². The van der Waals surface area contributed by atoms with Gasteiger partial charge in [0, 0.05) is 29.6 Å². The molecule has 3 aromatic carbocycles. The van der Waals surface area contributed by atoms with Gasteiger partial charge in [-0.3, -0.25) is 4.98 Å². The van der Waals surface area contributed by atoms with Crippen molar-refractivity contribution in [1.82, 2.24) is 4.98 Å². The lowest BCUT2D eigenvalue weighted by atomic mass is 9.90. The largest absolute Gasteiger partial charge is 0.400 e. The van der Waals surface area contributed by atoms with E-state index in [-0.39, 0.29) is 0 Å². The van der Waals surface area contributed by atoms with Crippen LogP contribution in [0.2, 0.25) is 5.02 Å². The number of aldehydes is 1. The van der Waals surface area contributed by atoms with Gasteiger partial charge in [-0.05, 0) is 110 Å². The summed E-state index contributed by atoms with van der Waals surface area (Å²) in [7, 11) is 1.00. The first-order chi connectivity index (χ1) is 21.2. The topological polar surface area (TPSA) is 70.4 Å². The Hall–Kier alpha value is -2.70. The molecule has 1 saturated carbocycles. The molecule has 0 amide bonds. The van der Waals surface area contributed by atoms with E-state index >= 15 is 0 Å². The molecule has 0 bridgehead atoms. The third-order valence-corrected chi connectivity index (χ3v) is 8.68. The maximum Gasteiger partial charge on any atom is 0.120 e. The lowest BCUT2D eigenvalue weighted by molar-refractivity contribution is -0.108. The zero-order valence-electron chi connectivity index (χ0n) is 27.0. The maximum absolute atomic E-state index is 10.4. The monoisotopic (exact) mass is 635 g/mol. The Kier molecular flexibility index (Phi) is 16.2. The quantitative estimate of drug-likeness (QED) is 0.114. The number of halogens is 1. The zero-order valence-corrected chi connectivity index (χ0v) is 28.7. The fraction of sp³-hybridized carbons (Fsp3) is 0.421. The summed E-state index contributed by atoms with van der Waals surface area (Å²) in [5.74, 6) is 0.881. The highest BCUT2D eigenvalue weighted by atomic mass is 35.5. The number of aliphatic hydroxyl groups excluding tert-OH is 1. The van der Waals surface area contributed by atoms with Gasteiger partial charge in [-0.1, -0.05) is 86.1 Å². The van der Waals surface area contributed by atoms with Gasteiger partial charge >= 0.3 is 0 Å². The minimum atomic E-state index is -0.807. The van der Waals surface area contributed by atoms with Crippen LogP contribution in [0.5, 0.6) is 0 Å². The molecular formula is C38H50ClNO3S. The molecule has 0 aliphatic heterocycles. The standard InChI is InChI=1S/C29H30ClNO.C6H10OS.C2H6.CH4O/c1-29(2,32)27-12-4-3-10-23(27)11-6-9-21-7-5-8-22(19-21)13-17-26-18-15-24-14-16-25(30)20-28(24)31-26;7-4-3-6(5-8)1-2-6;2*1-2/h3-5,7-8,10,12,14-16,18-20,32H,6,9,11,13,17H2,1-2H3;4,8H,1-3,5H2;1-2H3;2H,1H3. The summed E-state index contributed by atoms with van der Waals surface area (Å²) in [6, 6.07) is 27.2. The van der Waals surface area contributed by atoms with Crippen molar-refractivity contribution >= 4 is 41.4 Å². The minimum absolute atomic E-state index is 0.338. The van der Waals surface area contributed by atoms with Gasteiger partial charge in [0.15, 0.2) is 0 Å². The van der Waals surface area contributed by atoms with Crippen molar-refractivity contribution in [3.63, 3.8) is 0 Å². The van der Waals surface area contributed by atoms with Crippen LogP contribution in [0.4, 0.5) is 0 Å². The predicted octanol–water partition coefficient (Wildman–Crippen LogP) is 9.00. The molecule has 0 unspecified atom stereocenters. The molecule has 2 N–H and O–H groups in total. The number of pyridine rings is 1. The summed E-state index contributed by atoms with van der Waals surface area (Å²) in [6.45, 7) is 7.71. The van der Waals surface area contributed by atoms with Crippen LogP contribution < -0.4 is 0 Å². The first-order valence-corrected chi connectivity index (χ1v) is 16.7. The number of rotatable bonds is 11. The molecule has 1 aliphatic carbocycles. The highest BCUT2D eigenvalue weighted by Crippen LogP contribution is 2.48. The lowest BCUT2D eigenvalue weighted by Crippen LogP contribution is -2.18. The van der Waals surface area contributed by atoms with Gasteiger partial charge in [0.1, 0.15) is 6.29 Å². The van der Waals surface area contributed by atoms with Crippen molar-refractivity contribution in [1.29, 1.82) is 0 Å². The van der Waals surface area contributed by atoms with Gasteiger partial charge in [0.25, 0.3) is 0 Å². The highest BCUT2D eigenvalue weighted by molar-refractivity contribution is 7.80. The molecule has 1 aromatic heterocycles. The molecule has 1 heterocycles. The highest BCUT2D eigenvalue weighted by Gasteiger charge is 2.40. The van der Waals surface area contributed by atoms with Crippen molar-refractivity contribution in [2.45, 2.75) is 84.7 Å². The van der Waals surface area contributed by atoms with Crippen LogP contribution >= 0.6 is 24.2 Å². The van der Waals surface area contributed by atoms with Crippen LogP contribution in [-0.2, 0) is 36.1 Å². The Balaban J connectivity index is 0.000000478. The van der Waals surface area contributed by atoms with E-state index in [1.807, 2.05) is 58.0 Å². The molecule has 6 heteroatoms. The molecular weight excluding hydrogens is 586 g/mol. The van der Waals surface area contributed by atoms with E-state index in [0.717, 1.165) is 84.9 Å². The second kappa shape index (κ2) is 19.0. The summed E-state index contributed by atoms with van der Waals surface area (Å²) >= 11 is 10.3. The van der Waals surface area contributed by atoms with Gasteiger partial charge < -0.3 is 15.0 Å². The van der Waals surface area contributed by atoms with Crippen molar-refractivity contribution < 1.29 is 15.0 Å². The molecule has 5 rings (SSSR count). The van der Waals surface area contributed by atoms with Gasteiger partial charge in [-0.25, -0.2) is 0 Å². The Labute approximate surface area is 275 Å². The van der Waals surface area contributed by atoms with Crippen LogP contribution in [0.3, 0.4) is 0 Å². The van der Waals surface area contributed by atoms with Crippen LogP contribution in [0.25, 0.3) is 10.9 Å². The van der Waals surface area contributed by atoms with Crippen molar-refractivity contribution in [2.24, 2.45) is 5.41 Å². The number of nitrogens with zero attached hydrogens (tertiary/aromatic N) is 1.